The number of hydroxylamine groups is 1. The average Bonchev–Trinajstić information content (AvgIpc) is 2.44. The molecule has 1 aromatic heterocycles. The van der Waals surface area contributed by atoms with Crippen molar-refractivity contribution in [3.63, 3.8) is 0 Å². The highest BCUT2D eigenvalue weighted by atomic mass is 32.2. The van der Waals surface area contributed by atoms with Crippen LogP contribution in [-0.2, 0) is 15.6 Å². The van der Waals surface area contributed by atoms with E-state index in [0.29, 0.717) is 18.4 Å². The molecule has 0 spiro atoms. The molecule has 0 saturated heterocycles. The SMILES string of the molecule is CCCC(NO)S(=O)(=O)Cc1cnc2ccccc2c1. The molecule has 1 aromatic carbocycles. The molecule has 0 saturated carbocycles. The molecule has 0 aliphatic rings. The van der Waals surface area contributed by atoms with Gasteiger partial charge >= 0.3 is 0 Å². The second kappa shape index (κ2) is 6.30. The number of nitrogens with one attached hydrogen (secondary N) is 1. The van der Waals surface area contributed by atoms with E-state index in [4.69, 9.17) is 5.21 Å². The van der Waals surface area contributed by atoms with Gasteiger partial charge in [0, 0.05) is 11.6 Å². The van der Waals surface area contributed by atoms with Gasteiger partial charge < -0.3 is 5.21 Å². The predicted molar refractivity (Wildman–Crippen MR) is 78.0 cm³/mol. The molecule has 0 aliphatic carbocycles. The number of benzene rings is 1. The Morgan fingerprint density at radius 2 is 2.10 bits per heavy atom. The van der Waals surface area contributed by atoms with Crippen molar-refractivity contribution in [2.24, 2.45) is 0 Å². The Hall–Kier alpha value is -1.50. The van der Waals surface area contributed by atoms with Crippen LogP contribution in [0.15, 0.2) is 36.5 Å². The number of sulfone groups is 1. The van der Waals surface area contributed by atoms with Crippen LogP contribution in [0, 0.1) is 0 Å². The fourth-order valence-corrected chi connectivity index (χ4v) is 3.69. The quantitative estimate of drug-likeness (QED) is 0.799. The van der Waals surface area contributed by atoms with Gasteiger partial charge in [0.1, 0.15) is 5.37 Å². The van der Waals surface area contributed by atoms with Crippen molar-refractivity contribution < 1.29 is 13.6 Å². The number of para-hydroxylation sites is 1. The third-order valence-electron chi connectivity index (χ3n) is 3.14. The molecule has 2 aromatic rings. The molecule has 0 fully saturated rings. The van der Waals surface area contributed by atoms with E-state index in [-0.39, 0.29) is 5.75 Å². The van der Waals surface area contributed by atoms with Crippen molar-refractivity contribution in [1.29, 1.82) is 0 Å². The van der Waals surface area contributed by atoms with Crippen molar-refractivity contribution in [3.05, 3.63) is 42.1 Å². The van der Waals surface area contributed by atoms with Crippen LogP contribution in [0.5, 0.6) is 0 Å². The minimum atomic E-state index is -3.46. The Kier molecular flexibility index (Phi) is 4.69. The van der Waals surface area contributed by atoms with Crippen LogP contribution in [0.1, 0.15) is 25.3 Å². The number of hydrogen-bond donors (Lipinski definition) is 2. The lowest BCUT2D eigenvalue weighted by molar-refractivity contribution is 0.149. The van der Waals surface area contributed by atoms with Crippen LogP contribution in [0.4, 0.5) is 0 Å². The van der Waals surface area contributed by atoms with Gasteiger partial charge in [0.2, 0.25) is 0 Å². The third-order valence-corrected chi connectivity index (χ3v) is 5.09. The molecule has 2 N–H and O–H groups in total. The molecule has 0 bridgehead atoms. The van der Waals surface area contributed by atoms with Crippen LogP contribution in [-0.4, -0.2) is 24.0 Å². The summed E-state index contributed by atoms with van der Waals surface area (Å²) in [5.41, 5.74) is 3.35. The van der Waals surface area contributed by atoms with E-state index >= 15 is 0 Å². The zero-order valence-corrected chi connectivity index (χ0v) is 12.1. The first-order valence-electron chi connectivity index (χ1n) is 6.51. The maximum atomic E-state index is 12.2. The summed E-state index contributed by atoms with van der Waals surface area (Å²) in [5, 5.41) is 8.97. The number of rotatable bonds is 6. The molecule has 5 nitrogen and oxygen atoms in total. The molecule has 2 rings (SSSR count). The van der Waals surface area contributed by atoms with Gasteiger partial charge in [0.25, 0.3) is 0 Å². The van der Waals surface area contributed by atoms with Gasteiger partial charge in [0.05, 0.1) is 11.3 Å². The second-order valence-corrected chi connectivity index (χ2v) is 6.93. The zero-order valence-electron chi connectivity index (χ0n) is 11.3. The number of fused-ring (bicyclic) bond motifs is 1. The van der Waals surface area contributed by atoms with Crippen LogP contribution >= 0.6 is 0 Å². The first kappa shape index (κ1) is 14.9. The second-order valence-electron chi connectivity index (χ2n) is 4.75. The molecule has 0 amide bonds. The Bertz CT molecular complexity index is 686. The van der Waals surface area contributed by atoms with Gasteiger partial charge in [-0.3, -0.25) is 4.98 Å². The van der Waals surface area contributed by atoms with E-state index in [1.165, 1.54) is 0 Å². The number of aromatic nitrogens is 1. The maximum absolute atomic E-state index is 12.2. The molecule has 1 atom stereocenters. The Labute approximate surface area is 118 Å². The summed E-state index contributed by atoms with van der Waals surface area (Å²) in [6.07, 6.45) is 2.62. The standard InChI is InChI=1S/C14H18N2O3S/c1-2-5-14(16-17)20(18,19)10-11-8-12-6-3-4-7-13(12)15-9-11/h3-4,6-9,14,16-17H,2,5,10H2,1H3. The molecule has 1 heterocycles. The van der Waals surface area contributed by atoms with Gasteiger partial charge in [0.15, 0.2) is 9.84 Å². The Morgan fingerprint density at radius 1 is 1.35 bits per heavy atom. The number of hydrogen-bond acceptors (Lipinski definition) is 5. The van der Waals surface area contributed by atoms with Crippen molar-refractivity contribution in [3.8, 4) is 0 Å². The minimum Gasteiger partial charge on any atom is -0.316 e. The van der Waals surface area contributed by atoms with Gasteiger partial charge in [-0.1, -0.05) is 31.5 Å². The lowest BCUT2D eigenvalue weighted by Crippen LogP contribution is -2.35. The van der Waals surface area contributed by atoms with Crippen LogP contribution in [0.25, 0.3) is 10.9 Å². The molecular formula is C14H18N2O3S. The lowest BCUT2D eigenvalue weighted by atomic mass is 10.2. The van der Waals surface area contributed by atoms with E-state index in [1.807, 2.05) is 42.7 Å². The smallest absolute Gasteiger partial charge is 0.172 e. The summed E-state index contributed by atoms with van der Waals surface area (Å²) >= 11 is 0. The third kappa shape index (κ3) is 3.33. The largest absolute Gasteiger partial charge is 0.316 e. The lowest BCUT2D eigenvalue weighted by Gasteiger charge is -2.15. The molecule has 1 unspecified atom stereocenters. The Morgan fingerprint density at radius 3 is 2.80 bits per heavy atom. The monoisotopic (exact) mass is 294 g/mol. The number of pyridine rings is 1. The van der Waals surface area contributed by atoms with E-state index < -0.39 is 15.2 Å². The van der Waals surface area contributed by atoms with Crippen molar-refractivity contribution >= 4 is 20.7 Å². The molecule has 108 valence electrons. The maximum Gasteiger partial charge on any atom is 0.172 e. The number of nitrogens with zero attached hydrogens (tertiary/aromatic N) is 1. The normalized spacial score (nSPS) is 13.5. The first-order chi connectivity index (χ1) is 9.56. The molecule has 0 radical (unpaired) electrons. The summed E-state index contributed by atoms with van der Waals surface area (Å²) in [4.78, 5) is 4.25. The van der Waals surface area contributed by atoms with Gasteiger partial charge in [-0.2, -0.15) is 5.48 Å². The van der Waals surface area contributed by atoms with Crippen molar-refractivity contribution in [1.82, 2.24) is 10.5 Å². The van der Waals surface area contributed by atoms with E-state index in [2.05, 4.69) is 4.98 Å². The van der Waals surface area contributed by atoms with Crippen LogP contribution in [0.3, 0.4) is 0 Å². The highest BCUT2D eigenvalue weighted by molar-refractivity contribution is 7.91. The molecule has 6 heteroatoms. The average molecular weight is 294 g/mol. The van der Waals surface area contributed by atoms with E-state index in [9.17, 15) is 8.42 Å². The molecule has 0 aliphatic heterocycles. The highest BCUT2D eigenvalue weighted by Gasteiger charge is 2.24. The summed E-state index contributed by atoms with van der Waals surface area (Å²) in [5.74, 6) is -0.136. The summed E-state index contributed by atoms with van der Waals surface area (Å²) in [6.45, 7) is 1.87. The van der Waals surface area contributed by atoms with E-state index in [1.54, 1.807) is 6.20 Å². The Balaban J connectivity index is 2.26. The minimum absolute atomic E-state index is 0.136. The predicted octanol–water partition coefficient (Wildman–Crippen LogP) is 2.25. The topological polar surface area (TPSA) is 79.3 Å². The molecule has 20 heavy (non-hydrogen) atoms. The summed E-state index contributed by atoms with van der Waals surface area (Å²) in [6, 6.07) is 9.37. The summed E-state index contributed by atoms with van der Waals surface area (Å²) in [7, 11) is -3.46. The fraction of sp³-hybridized carbons (Fsp3) is 0.357. The first-order valence-corrected chi connectivity index (χ1v) is 8.23. The van der Waals surface area contributed by atoms with Gasteiger partial charge in [-0.25, -0.2) is 8.42 Å². The summed E-state index contributed by atoms with van der Waals surface area (Å²) < 4.78 is 24.4. The van der Waals surface area contributed by atoms with Crippen molar-refractivity contribution in [2.45, 2.75) is 30.9 Å². The highest BCUT2D eigenvalue weighted by Crippen LogP contribution is 2.17. The van der Waals surface area contributed by atoms with Crippen LogP contribution in [0.2, 0.25) is 0 Å². The zero-order chi connectivity index (χ0) is 14.6. The van der Waals surface area contributed by atoms with E-state index in [0.717, 1.165) is 10.9 Å². The van der Waals surface area contributed by atoms with Gasteiger partial charge in [-0.05, 0) is 24.1 Å². The molecular weight excluding hydrogens is 276 g/mol. The van der Waals surface area contributed by atoms with Crippen molar-refractivity contribution in [2.75, 3.05) is 0 Å². The fourth-order valence-electron chi connectivity index (χ4n) is 2.12. The van der Waals surface area contributed by atoms with Gasteiger partial charge in [-0.15, -0.1) is 0 Å². The van der Waals surface area contributed by atoms with Crippen LogP contribution < -0.4 is 5.48 Å².